The van der Waals surface area contributed by atoms with E-state index in [9.17, 15) is 14.4 Å². The van der Waals surface area contributed by atoms with Gasteiger partial charge in [-0.25, -0.2) is 0 Å². The van der Waals surface area contributed by atoms with Gasteiger partial charge in [0.05, 0.1) is 6.61 Å². The molecule has 0 spiro atoms. The highest BCUT2D eigenvalue weighted by Gasteiger charge is 2.34. The van der Waals surface area contributed by atoms with Crippen LogP contribution in [0.5, 0.6) is 0 Å². The Morgan fingerprint density at radius 2 is 1.71 bits per heavy atom. The van der Waals surface area contributed by atoms with Gasteiger partial charge < -0.3 is 9.64 Å². The highest BCUT2D eigenvalue weighted by molar-refractivity contribution is 6.09. The maximum absolute atomic E-state index is 13.1. The van der Waals surface area contributed by atoms with Crippen molar-refractivity contribution in [1.82, 2.24) is 4.90 Å². The molecule has 0 radical (unpaired) electrons. The Labute approximate surface area is 184 Å². The van der Waals surface area contributed by atoms with E-state index in [1.54, 1.807) is 23.1 Å². The Bertz CT molecular complexity index is 930. The Morgan fingerprint density at radius 1 is 1.00 bits per heavy atom. The molecule has 1 amide bonds. The van der Waals surface area contributed by atoms with E-state index in [1.165, 1.54) is 0 Å². The Kier molecular flexibility index (Phi) is 7.26. The number of carbonyl (C=O) groups excluding carboxylic acids is 3. The van der Waals surface area contributed by atoms with Crippen molar-refractivity contribution >= 4 is 17.7 Å². The van der Waals surface area contributed by atoms with Gasteiger partial charge in [-0.1, -0.05) is 75.7 Å². The van der Waals surface area contributed by atoms with Crippen molar-refractivity contribution in [3.63, 3.8) is 0 Å². The lowest BCUT2D eigenvalue weighted by Gasteiger charge is -2.25. The molecule has 0 aromatic heterocycles. The predicted octanol–water partition coefficient (Wildman–Crippen LogP) is 4.64. The molecule has 3 rings (SSSR count). The Hall–Kier alpha value is -2.95. The maximum atomic E-state index is 13.1. The normalized spacial score (nSPS) is 17.2. The molecule has 0 aliphatic carbocycles. The molecule has 2 aromatic carbocycles. The first kappa shape index (κ1) is 22.7. The zero-order chi connectivity index (χ0) is 22.4. The second-order valence-electron chi connectivity index (χ2n) is 9.37. The molecule has 1 saturated heterocycles. The molecular formula is C26H31NO4. The van der Waals surface area contributed by atoms with Crippen LogP contribution < -0.4 is 0 Å². The van der Waals surface area contributed by atoms with Crippen LogP contribution in [0, 0.1) is 11.3 Å². The number of hydrogen-bond acceptors (Lipinski definition) is 4. The van der Waals surface area contributed by atoms with E-state index in [0.29, 0.717) is 37.2 Å². The fraction of sp³-hybridized carbons (Fsp3) is 0.423. The van der Waals surface area contributed by atoms with Crippen molar-refractivity contribution in [2.45, 2.75) is 46.6 Å². The number of ether oxygens (including phenoxy) is 1. The van der Waals surface area contributed by atoms with E-state index < -0.39 is 11.9 Å². The van der Waals surface area contributed by atoms with Crippen molar-refractivity contribution in [2.75, 3.05) is 13.2 Å². The molecular weight excluding hydrogens is 390 g/mol. The van der Waals surface area contributed by atoms with Crippen LogP contribution in [0.15, 0.2) is 54.6 Å². The third-order valence-corrected chi connectivity index (χ3v) is 5.31. The van der Waals surface area contributed by atoms with Crippen molar-refractivity contribution < 1.29 is 19.1 Å². The molecule has 1 unspecified atom stereocenters. The summed E-state index contributed by atoms with van der Waals surface area (Å²) in [7, 11) is 0. The van der Waals surface area contributed by atoms with Crippen molar-refractivity contribution in [1.29, 1.82) is 0 Å². The maximum Gasteiger partial charge on any atom is 0.318 e. The van der Waals surface area contributed by atoms with Gasteiger partial charge in [-0.2, -0.15) is 0 Å². The number of likely N-dealkylation sites (tertiary alicyclic amines) is 1. The van der Waals surface area contributed by atoms with Gasteiger partial charge >= 0.3 is 5.97 Å². The van der Waals surface area contributed by atoms with E-state index >= 15 is 0 Å². The van der Waals surface area contributed by atoms with Crippen LogP contribution >= 0.6 is 0 Å². The van der Waals surface area contributed by atoms with Gasteiger partial charge in [-0.05, 0) is 29.9 Å². The smallest absolute Gasteiger partial charge is 0.318 e. The lowest BCUT2D eigenvalue weighted by molar-refractivity contribution is -0.158. The lowest BCUT2D eigenvalue weighted by atomic mass is 9.98. The fourth-order valence-electron chi connectivity index (χ4n) is 3.66. The zero-order valence-electron chi connectivity index (χ0n) is 18.6. The summed E-state index contributed by atoms with van der Waals surface area (Å²) in [5, 5.41) is 0. The minimum absolute atomic E-state index is 0.0479. The molecule has 0 saturated carbocycles. The van der Waals surface area contributed by atoms with Gasteiger partial charge in [0.15, 0.2) is 5.78 Å². The average molecular weight is 422 g/mol. The summed E-state index contributed by atoms with van der Waals surface area (Å²) in [5.74, 6) is -1.41. The van der Waals surface area contributed by atoms with Crippen LogP contribution in [0.4, 0.5) is 0 Å². The van der Waals surface area contributed by atoms with Crippen LogP contribution in [0.3, 0.4) is 0 Å². The number of esters is 1. The number of nitrogens with zero attached hydrogens (tertiary/aromatic N) is 1. The highest BCUT2D eigenvalue weighted by atomic mass is 16.5. The van der Waals surface area contributed by atoms with Gasteiger partial charge in [0.1, 0.15) is 5.92 Å². The van der Waals surface area contributed by atoms with Gasteiger partial charge in [0, 0.05) is 24.2 Å². The minimum atomic E-state index is -0.751. The van der Waals surface area contributed by atoms with Gasteiger partial charge in [-0.15, -0.1) is 0 Å². The molecule has 1 aliphatic heterocycles. The van der Waals surface area contributed by atoms with Gasteiger partial charge in [0.2, 0.25) is 5.91 Å². The molecule has 1 fully saturated rings. The van der Waals surface area contributed by atoms with E-state index in [0.717, 1.165) is 18.4 Å². The molecule has 5 nitrogen and oxygen atoms in total. The fourth-order valence-corrected chi connectivity index (χ4v) is 3.66. The molecule has 5 heteroatoms. The Balaban J connectivity index is 1.72. The standard InChI is InChI=1S/C26H31NO4/c1-26(2,3)18-31-25(30)22-14-7-8-15-27(24(22)29)17-19-10-9-13-21(16-19)23(28)20-11-5-4-6-12-20/h4-6,9-13,16,22H,7-8,14-15,17-18H2,1-3H3. The van der Waals surface area contributed by atoms with Crippen molar-refractivity contribution in [2.24, 2.45) is 11.3 Å². The van der Waals surface area contributed by atoms with E-state index in [2.05, 4.69) is 0 Å². The first-order valence-electron chi connectivity index (χ1n) is 10.9. The average Bonchev–Trinajstić information content (AvgIpc) is 2.93. The second-order valence-corrected chi connectivity index (χ2v) is 9.37. The number of hydrogen-bond donors (Lipinski definition) is 0. The molecule has 1 heterocycles. The lowest BCUT2D eigenvalue weighted by Crippen LogP contribution is -2.39. The zero-order valence-corrected chi connectivity index (χ0v) is 18.6. The quantitative estimate of drug-likeness (QED) is 0.387. The summed E-state index contributed by atoms with van der Waals surface area (Å²) in [4.78, 5) is 40.2. The van der Waals surface area contributed by atoms with Gasteiger partial charge in [-0.3, -0.25) is 14.4 Å². The SMILES string of the molecule is CC(C)(C)COC(=O)C1CCCCN(Cc2cccc(C(=O)c3ccccc3)c2)C1=O. The van der Waals surface area contributed by atoms with Crippen LogP contribution in [0.1, 0.15) is 61.5 Å². The second kappa shape index (κ2) is 9.90. The topological polar surface area (TPSA) is 63.7 Å². The number of benzene rings is 2. The van der Waals surface area contributed by atoms with Crippen LogP contribution in [-0.4, -0.2) is 35.7 Å². The molecule has 31 heavy (non-hydrogen) atoms. The first-order chi connectivity index (χ1) is 14.7. The van der Waals surface area contributed by atoms with E-state index in [4.69, 9.17) is 4.74 Å². The predicted molar refractivity (Wildman–Crippen MR) is 119 cm³/mol. The summed E-state index contributed by atoms with van der Waals surface area (Å²) >= 11 is 0. The number of rotatable bonds is 6. The summed E-state index contributed by atoms with van der Waals surface area (Å²) in [6.07, 6.45) is 2.17. The monoisotopic (exact) mass is 421 g/mol. The minimum Gasteiger partial charge on any atom is -0.465 e. The molecule has 1 atom stereocenters. The molecule has 164 valence electrons. The van der Waals surface area contributed by atoms with Crippen LogP contribution in [0.2, 0.25) is 0 Å². The molecule has 0 N–H and O–H groups in total. The van der Waals surface area contributed by atoms with Gasteiger partial charge in [0.25, 0.3) is 0 Å². The van der Waals surface area contributed by atoms with Crippen LogP contribution in [-0.2, 0) is 20.9 Å². The van der Waals surface area contributed by atoms with Crippen LogP contribution in [0.25, 0.3) is 0 Å². The third-order valence-electron chi connectivity index (χ3n) is 5.31. The molecule has 1 aliphatic rings. The summed E-state index contributed by atoms with van der Waals surface area (Å²) in [5.41, 5.74) is 1.95. The van der Waals surface area contributed by atoms with E-state index in [1.807, 2.05) is 57.2 Å². The summed E-state index contributed by atoms with van der Waals surface area (Å²) < 4.78 is 5.44. The third kappa shape index (κ3) is 6.27. The van der Waals surface area contributed by atoms with E-state index in [-0.39, 0.29) is 17.1 Å². The number of carbonyl (C=O) groups is 3. The highest BCUT2D eigenvalue weighted by Crippen LogP contribution is 2.23. The van der Waals surface area contributed by atoms with Crippen molar-refractivity contribution in [3.8, 4) is 0 Å². The Morgan fingerprint density at radius 3 is 2.42 bits per heavy atom. The number of ketones is 1. The molecule has 2 aromatic rings. The largest absolute Gasteiger partial charge is 0.465 e. The summed E-state index contributed by atoms with van der Waals surface area (Å²) in [6, 6.07) is 16.5. The van der Waals surface area contributed by atoms with Crippen molar-refractivity contribution in [3.05, 3.63) is 71.3 Å². The summed E-state index contributed by atoms with van der Waals surface area (Å²) in [6.45, 7) is 7.23. The first-order valence-corrected chi connectivity index (χ1v) is 10.9. The number of amides is 1. The molecule has 0 bridgehead atoms.